The molecule has 0 bridgehead atoms. The third kappa shape index (κ3) is 3.60. The summed E-state index contributed by atoms with van der Waals surface area (Å²) in [6, 6.07) is 16.3. The zero-order valence-electron chi connectivity index (χ0n) is 9.80. The second-order valence-electron chi connectivity index (χ2n) is 3.84. The van der Waals surface area contributed by atoms with Crippen molar-refractivity contribution in [2.45, 2.75) is 6.42 Å². The molecular weight excluding hydrogens is 248 g/mol. The predicted octanol–water partition coefficient (Wildman–Crippen LogP) is 3.99. The van der Waals surface area contributed by atoms with E-state index in [0.29, 0.717) is 18.1 Å². The smallest absolute Gasteiger partial charge is 0.166 e. The summed E-state index contributed by atoms with van der Waals surface area (Å²) in [6.45, 7) is 0.370. The molecule has 2 aromatic carbocycles. The average Bonchev–Trinajstić information content (AvgIpc) is 2.42. The minimum absolute atomic E-state index is 0.0876. The Morgan fingerprint density at radius 1 is 1.00 bits per heavy atom. The summed E-state index contributed by atoms with van der Waals surface area (Å²) in [5.74, 6) is 0.810. The molecule has 2 nitrogen and oxygen atoms in total. The molecule has 0 aliphatic carbocycles. The van der Waals surface area contributed by atoms with Gasteiger partial charge in [0.2, 0.25) is 0 Å². The first kappa shape index (κ1) is 12.7. The number of carbonyl (C=O) groups excluding carboxylic acids is 1. The van der Waals surface area contributed by atoms with Gasteiger partial charge in [-0.2, -0.15) is 0 Å². The maximum atomic E-state index is 11.8. The molecular formula is C15H13ClO2. The third-order valence-corrected chi connectivity index (χ3v) is 2.76. The van der Waals surface area contributed by atoms with Crippen LogP contribution in [0.25, 0.3) is 0 Å². The highest BCUT2D eigenvalue weighted by atomic mass is 35.5. The van der Waals surface area contributed by atoms with E-state index in [1.165, 1.54) is 0 Å². The number of ether oxygens (including phenoxy) is 1. The average molecular weight is 261 g/mol. The number of hydrogen-bond donors (Lipinski definition) is 0. The topological polar surface area (TPSA) is 26.3 Å². The van der Waals surface area contributed by atoms with Crippen molar-refractivity contribution in [2.75, 3.05) is 6.61 Å². The highest BCUT2D eigenvalue weighted by Gasteiger charge is 2.04. The van der Waals surface area contributed by atoms with Crippen LogP contribution >= 0.6 is 11.6 Å². The van der Waals surface area contributed by atoms with Crippen LogP contribution in [0.3, 0.4) is 0 Å². The van der Waals surface area contributed by atoms with E-state index in [1.807, 2.05) is 30.3 Å². The number of carbonyl (C=O) groups is 1. The van der Waals surface area contributed by atoms with E-state index in [4.69, 9.17) is 16.3 Å². The summed E-state index contributed by atoms with van der Waals surface area (Å²) in [4.78, 5) is 11.8. The molecule has 18 heavy (non-hydrogen) atoms. The molecule has 0 N–H and O–H groups in total. The minimum atomic E-state index is 0.0876. The SMILES string of the molecule is O=C(CCOc1ccc(Cl)cc1)c1ccccc1. The third-order valence-electron chi connectivity index (χ3n) is 2.51. The molecule has 0 saturated heterocycles. The molecule has 2 rings (SSSR count). The van der Waals surface area contributed by atoms with Crippen LogP contribution in [-0.4, -0.2) is 12.4 Å². The molecule has 0 aliphatic heterocycles. The van der Waals surface area contributed by atoms with E-state index >= 15 is 0 Å². The molecule has 0 saturated carbocycles. The van der Waals surface area contributed by atoms with Gasteiger partial charge < -0.3 is 4.74 Å². The summed E-state index contributed by atoms with van der Waals surface area (Å²) >= 11 is 5.77. The quantitative estimate of drug-likeness (QED) is 0.760. The van der Waals surface area contributed by atoms with Crippen LogP contribution in [0.15, 0.2) is 54.6 Å². The van der Waals surface area contributed by atoms with E-state index in [-0.39, 0.29) is 5.78 Å². The van der Waals surface area contributed by atoms with Gasteiger partial charge in [0.15, 0.2) is 5.78 Å². The van der Waals surface area contributed by atoms with Crippen LogP contribution in [0, 0.1) is 0 Å². The number of benzene rings is 2. The lowest BCUT2D eigenvalue weighted by Crippen LogP contribution is -2.06. The van der Waals surface area contributed by atoms with Gasteiger partial charge in [-0.15, -0.1) is 0 Å². The molecule has 0 fully saturated rings. The van der Waals surface area contributed by atoms with Gasteiger partial charge in [-0.25, -0.2) is 0 Å². The number of rotatable bonds is 5. The van der Waals surface area contributed by atoms with Crippen molar-refractivity contribution in [3.63, 3.8) is 0 Å². The second-order valence-corrected chi connectivity index (χ2v) is 4.28. The fourth-order valence-corrected chi connectivity index (χ4v) is 1.69. The summed E-state index contributed by atoms with van der Waals surface area (Å²) in [5, 5.41) is 0.669. The highest BCUT2D eigenvalue weighted by Crippen LogP contribution is 2.15. The van der Waals surface area contributed by atoms with Crippen molar-refractivity contribution in [1.29, 1.82) is 0 Å². The normalized spacial score (nSPS) is 10.1. The zero-order chi connectivity index (χ0) is 12.8. The highest BCUT2D eigenvalue weighted by molar-refractivity contribution is 6.30. The lowest BCUT2D eigenvalue weighted by molar-refractivity contribution is 0.0962. The van der Waals surface area contributed by atoms with Crippen LogP contribution in [0.5, 0.6) is 5.75 Å². The van der Waals surface area contributed by atoms with Gasteiger partial charge in [-0.1, -0.05) is 41.9 Å². The van der Waals surface area contributed by atoms with Crippen molar-refractivity contribution in [1.82, 2.24) is 0 Å². The lowest BCUT2D eigenvalue weighted by atomic mass is 10.1. The van der Waals surface area contributed by atoms with Crippen molar-refractivity contribution < 1.29 is 9.53 Å². The van der Waals surface area contributed by atoms with E-state index < -0.39 is 0 Å². The molecule has 0 amide bonds. The van der Waals surface area contributed by atoms with Crippen LogP contribution in [0.4, 0.5) is 0 Å². The van der Waals surface area contributed by atoms with Crippen LogP contribution in [0.1, 0.15) is 16.8 Å². The first-order chi connectivity index (χ1) is 8.75. The van der Waals surface area contributed by atoms with Gasteiger partial charge >= 0.3 is 0 Å². The Morgan fingerprint density at radius 2 is 1.67 bits per heavy atom. The van der Waals surface area contributed by atoms with Crippen LogP contribution in [0.2, 0.25) is 5.02 Å². The zero-order valence-corrected chi connectivity index (χ0v) is 10.6. The van der Waals surface area contributed by atoms with Gasteiger partial charge in [-0.05, 0) is 24.3 Å². The van der Waals surface area contributed by atoms with E-state index in [1.54, 1.807) is 24.3 Å². The summed E-state index contributed by atoms with van der Waals surface area (Å²) in [7, 11) is 0. The van der Waals surface area contributed by atoms with E-state index in [9.17, 15) is 4.79 Å². The molecule has 0 aliphatic rings. The molecule has 2 aromatic rings. The van der Waals surface area contributed by atoms with Gasteiger partial charge in [0.1, 0.15) is 5.75 Å². The maximum Gasteiger partial charge on any atom is 0.166 e. The van der Waals surface area contributed by atoms with E-state index in [0.717, 1.165) is 11.3 Å². The molecule has 0 unspecified atom stereocenters. The summed E-state index contributed by atoms with van der Waals surface area (Å²) in [5.41, 5.74) is 0.720. The Kier molecular flexibility index (Phi) is 4.37. The number of hydrogen-bond acceptors (Lipinski definition) is 2. The molecule has 0 spiro atoms. The Hall–Kier alpha value is -1.80. The predicted molar refractivity (Wildman–Crippen MR) is 72.3 cm³/mol. The van der Waals surface area contributed by atoms with Crippen LogP contribution in [-0.2, 0) is 0 Å². The Labute approximate surface area is 111 Å². The first-order valence-electron chi connectivity index (χ1n) is 5.72. The standard InChI is InChI=1S/C15H13ClO2/c16-13-6-8-14(9-7-13)18-11-10-15(17)12-4-2-1-3-5-12/h1-9H,10-11H2. The van der Waals surface area contributed by atoms with Crippen LogP contribution < -0.4 is 4.74 Å². The number of halogens is 1. The van der Waals surface area contributed by atoms with Gasteiger partial charge in [0.05, 0.1) is 6.61 Å². The van der Waals surface area contributed by atoms with Crippen molar-refractivity contribution in [3.8, 4) is 5.75 Å². The van der Waals surface area contributed by atoms with Gasteiger partial charge in [0, 0.05) is 17.0 Å². The molecule has 0 atom stereocenters. The molecule has 92 valence electrons. The Morgan fingerprint density at radius 3 is 2.33 bits per heavy atom. The van der Waals surface area contributed by atoms with Crippen molar-refractivity contribution >= 4 is 17.4 Å². The Bertz CT molecular complexity index is 506. The maximum absolute atomic E-state index is 11.8. The van der Waals surface area contributed by atoms with E-state index in [2.05, 4.69) is 0 Å². The fraction of sp³-hybridized carbons (Fsp3) is 0.133. The minimum Gasteiger partial charge on any atom is -0.493 e. The number of ketones is 1. The molecule has 0 aromatic heterocycles. The van der Waals surface area contributed by atoms with Gasteiger partial charge in [-0.3, -0.25) is 4.79 Å². The lowest BCUT2D eigenvalue weighted by Gasteiger charge is -2.05. The summed E-state index contributed by atoms with van der Waals surface area (Å²) < 4.78 is 5.47. The second kappa shape index (κ2) is 6.22. The summed E-state index contributed by atoms with van der Waals surface area (Å²) in [6.07, 6.45) is 0.368. The molecule has 3 heteroatoms. The Balaban J connectivity index is 1.82. The molecule has 0 heterocycles. The first-order valence-corrected chi connectivity index (χ1v) is 6.10. The largest absolute Gasteiger partial charge is 0.493 e. The number of Topliss-reactive ketones (excluding diaryl/α,β-unsaturated/α-hetero) is 1. The van der Waals surface area contributed by atoms with Crippen molar-refractivity contribution in [3.05, 3.63) is 65.2 Å². The fourth-order valence-electron chi connectivity index (χ4n) is 1.56. The molecule has 0 radical (unpaired) electrons. The van der Waals surface area contributed by atoms with Gasteiger partial charge in [0.25, 0.3) is 0 Å². The van der Waals surface area contributed by atoms with Crippen molar-refractivity contribution in [2.24, 2.45) is 0 Å². The monoisotopic (exact) mass is 260 g/mol.